The molecule has 0 bridgehead atoms. The second kappa shape index (κ2) is 4.47. The zero-order valence-electron chi connectivity index (χ0n) is 9.74. The van der Waals surface area contributed by atoms with Crippen molar-refractivity contribution in [1.82, 2.24) is 4.31 Å². The van der Waals surface area contributed by atoms with Crippen LogP contribution in [0.3, 0.4) is 0 Å². The smallest absolute Gasteiger partial charge is 0.353 e. The zero-order chi connectivity index (χ0) is 14.2. The van der Waals surface area contributed by atoms with Crippen LogP contribution in [0.5, 0.6) is 0 Å². The van der Waals surface area contributed by atoms with Gasteiger partial charge in [-0.1, -0.05) is 0 Å². The van der Waals surface area contributed by atoms with E-state index in [-0.39, 0.29) is 5.71 Å². The van der Waals surface area contributed by atoms with E-state index in [0.29, 0.717) is 9.87 Å². The van der Waals surface area contributed by atoms with E-state index in [4.69, 9.17) is 5.11 Å². The van der Waals surface area contributed by atoms with E-state index in [2.05, 4.69) is 4.40 Å². The van der Waals surface area contributed by atoms with Crippen LogP contribution in [0.15, 0.2) is 40.4 Å². The number of allylic oxidation sites excluding steroid dienone is 1. The fraction of sp³-hybridized carbons (Fsp3) is 0.0909. The minimum Gasteiger partial charge on any atom is -0.477 e. The monoisotopic (exact) mass is 284 g/mol. The molecule has 6 nitrogen and oxygen atoms in total. The number of carboxylic acids is 1. The Kier molecular flexibility index (Phi) is 3.11. The maximum atomic E-state index is 12.8. The van der Waals surface area contributed by atoms with Crippen LogP contribution in [0.25, 0.3) is 0 Å². The highest BCUT2D eigenvalue weighted by Gasteiger charge is 2.29. The summed E-state index contributed by atoms with van der Waals surface area (Å²) in [5, 5.41) is 8.96. The zero-order valence-corrected chi connectivity index (χ0v) is 10.6. The highest BCUT2D eigenvalue weighted by Crippen LogP contribution is 2.19. The first kappa shape index (κ1) is 13.2. The van der Waals surface area contributed by atoms with E-state index in [0.717, 1.165) is 25.3 Å². The first-order chi connectivity index (χ1) is 8.81. The second-order valence-electron chi connectivity index (χ2n) is 3.76. The molecule has 0 aromatic heterocycles. The molecule has 100 valence electrons. The van der Waals surface area contributed by atoms with Gasteiger partial charge in [0.05, 0.1) is 5.71 Å². The number of benzene rings is 1. The predicted octanol–water partition coefficient (Wildman–Crippen LogP) is 0.774. The van der Waals surface area contributed by atoms with Crippen LogP contribution in [0.4, 0.5) is 4.39 Å². The van der Waals surface area contributed by atoms with Crippen LogP contribution >= 0.6 is 0 Å². The number of aliphatic carboxylic acids is 1. The summed E-state index contributed by atoms with van der Waals surface area (Å²) in [6, 6.07) is 4.92. The van der Waals surface area contributed by atoms with Crippen molar-refractivity contribution in [2.45, 2.75) is 0 Å². The average Bonchev–Trinajstić information content (AvgIpc) is 2.33. The Morgan fingerprint density at radius 3 is 2.42 bits per heavy atom. The Labute approximate surface area is 108 Å². The number of carboxylic acid groups (broad SMARTS) is 1. The van der Waals surface area contributed by atoms with Crippen molar-refractivity contribution >= 4 is 21.9 Å². The molecule has 1 aliphatic heterocycles. The lowest BCUT2D eigenvalue weighted by molar-refractivity contribution is -0.133. The molecule has 0 amide bonds. The second-order valence-corrected chi connectivity index (χ2v) is 5.39. The molecule has 1 aromatic rings. The molecule has 0 saturated heterocycles. The van der Waals surface area contributed by atoms with Gasteiger partial charge in [0.1, 0.15) is 11.5 Å². The van der Waals surface area contributed by atoms with Crippen molar-refractivity contribution in [3.63, 3.8) is 0 Å². The topological polar surface area (TPSA) is 87.0 Å². The molecule has 19 heavy (non-hydrogen) atoms. The molecule has 0 unspecified atom stereocenters. The van der Waals surface area contributed by atoms with Gasteiger partial charge in [-0.3, -0.25) is 0 Å². The van der Waals surface area contributed by atoms with Crippen molar-refractivity contribution in [1.29, 1.82) is 0 Å². The summed E-state index contributed by atoms with van der Waals surface area (Å²) in [4.78, 5) is 11.0. The molecule has 0 aliphatic carbocycles. The van der Waals surface area contributed by atoms with Gasteiger partial charge in [-0.25, -0.2) is 13.5 Å². The maximum Gasteiger partial charge on any atom is 0.353 e. The van der Waals surface area contributed by atoms with Gasteiger partial charge in [-0.2, -0.15) is 8.42 Å². The van der Waals surface area contributed by atoms with Crippen LogP contribution in [0, 0.1) is 5.82 Å². The van der Waals surface area contributed by atoms with Gasteiger partial charge in [0.15, 0.2) is 0 Å². The summed E-state index contributed by atoms with van der Waals surface area (Å²) in [6.45, 7) is 0. The van der Waals surface area contributed by atoms with Crippen LogP contribution in [0.2, 0.25) is 0 Å². The van der Waals surface area contributed by atoms with Gasteiger partial charge >= 0.3 is 16.2 Å². The van der Waals surface area contributed by atoms with Crippen molar-refractivity contribution in [2.24, 2.45) is 4.40 Å². The summed E-state index contributed by atoms with van der Waals surface area (Å²) < 4.78 is 40.3. The van der Waals surface area contributed by atoms with Crippen LogP contribution in [0.1, 0.15) is 5.56 Å². The fourth-order valence-corrected chi connectivity index (χ4v) is 2.42. The number of likely N-dealkylation sites (N-methyl/N-ethyl adjacent to an activating group) is 1. The molecule has 2 rings (SSSR count). The lowest BCUT2D eigenvalue weighted by Gasteiger charge is -2.21. The summed E-state index contributed by atoms with van der Waals surface area (Å²) in [5.74, 6) is -1.87. The molecule has 0 radical (unpaired) electrons. The van der Waals surface area contributed by atoms with E-state index in [1.54, 1.807) is 0 Å². The van der Waals surface area contributed by atoms with E-state index < -0.39 is 27.7 Å². The van der Waals surface area contributed by atoms with Gasteiger partial charge in [-0.05, 0) is 30.3 Å². The molecule has 0 fully saturated rings. The largest absolute Gasteiger partial charge is 0.477 e. The molecule has 1 aliphatic rings. The summed E-state index contributed by atoms with van der Waals surface area (Å²) in [5.41, 5.74) is -0.151. The third kappa shape index (κ3) is 2.48. The van der Waals surface area contributed by atoms with Crippen molar-refractivity contribution in [3.05, 3.63) is 47.4 Å². The van der Waals surface area contributed by atoms with Gasteiger partial charge in [0.25, 0.3) is 0 Å². The molecule has 1 heterocycles. The summed E-state index contributed by atoms with van der Waals surface area (Å²) in [6.07, 6.45) is 1.12. The number of carbonyl (C=O) groups is 1. The highest BCUT2D eigenvalue weighted by molar-refractivity contribution is 7.88. The molecule has 1 aromatic carbocycles. The Morgan fingerprint density at radius 2 is 1.89 bits per heavy atom. The van der Waals surface area contributed by atoms with Gasteiger partial charge in [0, 0.05) is 12.6 Å². The van der Waals surface area contributed by atoms with E-state index in [1.165, 1.54) is 12.1 Å². The SMILES string of the molecule is CN1C(C(=O)O)=CC(c2ccc(F)cc2)=NS1(=O)=O. The summed E-state index contributed by atoms with van der Waals surface area (Å²) >= 11 is 0. The van der Waals surface area contributed by atoms with Gasteiger partial charge in [-0.15, -0.1) is 4.40 Å². The predicted molar refractivity (Wildman–Crippen MR) is 65.3 cm³/mol. The number of hydrogen-bond donors (Lipinski definition) is 1. The molecule has 0 saturated carbocycles. The van der Waals surface area contributed by atoms with E-state index >= 15 is 0 Å². The quantitative estimate of drug-likeness (QED) is 0.869. The van der Waals surface area contributed by atoms with Crippen LogP contribution in [-0.4, -0.2) is 36.6 Å². The third-order valence-corrected chi connectivity index (χ3v) is 3.85. The van der Waals surface area contributed by atoms with Crippen molar-refractivity contribution in [3.8, 4) is 0 Å². The Morgan fingerprint density at radius 1 is 1.32 bits per heavy atom. The number of halogens is 1. The van der Waals surface area contributed by atoms with Gasteiger partial charge < -0.3 is 5.11 Å². The Bertz CT molecular complexity index is 692. The lowest BCUT2D eigenvalue weighted by atomic mass is 10.1. The number of rotatable bonds is 2. The third-order valence-electron chi connectivity index (χ3n) is 2.53. The number of nitrogens with zero attached hydrogens (tertiary/aromatic N) is 2. The van der Waals surface area contributed by atoms with Gasteiger partial charge in [0.2, 0.25) is 0 Å². The van der Waals surface area contributed by atoms with E-state index in [1.807, 2.05) is 0 Å². The molecular formula is C11H9FN2O4S. The minimum absolute atomic E-state index is 0.0458. The molecule has 0 atom stereocenters. The summed E-state index contributed by atoms with van der Waals surface area (Å²) in [7, 11) is -2.99. The van der Waals surface area contributed by atoms with Crippen molar-refractivity contribution < 1.29 is 22.7 Å². The average molecular weight is 284 g/mol. The lowest BCUT2D eigenvalue weighted by Crippen LogP contribution is -2.33. The van der Waals surface area contributed by atoms with Crippen LogP contribution in [-0.2, 0) is 15.0 Å². The Balaban J connectivity index is 2.57. The first-order valence-corrected chi connectivity index (χ1v) is 6.51. The van der Waals surface area contributed by atoms with Crippen molar-refractivity contribution in [2.75, 3.05) is 7.05 Å². The maximum absolute atomic E-state index is 12.8. The first-order valence-electron chi connectivity index (χ1n) is 5.11. The molecule has 1 N–H and O–H groups in total. The Hall–Kier alpha value is -2.22. The van der Waals surface area contributed by atoms with Crippen LogP contribution < -0.4 is 0 Å². The van der Waals surface area contributed by atoms with E-state index in [9.17, 15) is 17.6 Å². The number of hydrogen-bond acceptors (Lipinski definition) is 3. The standard InChI is InChI=1S/C11H9FN2O4S/c1-14-10(11(15)16)6-9(13-19(14,17)18)7-2-4-8(12)5-3-7/h2-6H,1H3,(H,15,16). The molecule has 8 heteroatoms. The highest BCUT2D eigenvalue weighted by atomic mass is 32.2. The normalized spacial score (nSPS) is 17.7. The molecular weight excluding hydrogens is 275 g/mol. The fourth-order valence-electron chi connectivity index (χ4n) is 1.51. The molecule has 0 spiro atoms. The minimum atomic E-state index is -4.08.